The van der Waals surface area contributed by atoms with Gasteiger partial charge in [-0.05, 0) is 38.1 Å². The Labute approximate surface area is 127 Å². The van der Waals surface area contributed by atoms with E-state index < -0.39 is 0 Å². The summed E-state index contributed by atoms with van der Waals surface area (Å²) in [6, 6.07) is 9.12. The maximum Gasteiger partial charge on any atom is 0.0502 e. The third-order valence-electron chi connectivity index (χ3n) is 4.33. The van der Waals surface area contributed by atoms with E-state index in [0.29, 0.717) is 6.04 Å². The molecule has 1 fully saturated rings. The Kier molecular flexibility index (Phi) is 5.44. The maximum absolute atomic E-state index is 6.43. The van der Waals surface area contributed by atoms with Crippen molar-refractivity contribution in [1.82, 2.24) is 9.80 Å². The Hall–Kier alpha value is -0.610. The van der Waals surface area contributed by atoms with Gasteiger partial charge in [0.25, 0.3) is 0 Å². The van der Waals surface area contributed by atoms with Crippen molar-refractivity contribution in [2.75, 3.05) is 26.7 Å². The molecule has 1 saturated heterocycles. The van der Waals surface area contributed by atoms with Crippen LogP contribution in [0.1, 0.15) is 31.9 Å². The van der Waals surface area contributed by atoms with E-state index >= 15 is 0 Å². The molecule has 2 rings (SSSR count). The first-order valence-electron chi connectivity index (χ1n) is 7.48. The molecular formula is C16H26ClN3. The molecule has 4 heteroatoms. The summed E-state index contributed by atoms with van der Waals surface area (Å²) in [6.07, 6.45) is 0.979. The van der Waals surface area contributed by atoms with Gasteiger partial charge >= 0.3 is 0 Å². The van der Waals surface area contributed by atoms with E-state index in [1.165, 1.54) is 5.56 Å². The SMILES string of the molecule is CCC(N)C(c1ccc(Cl)cc1)N1CCN(C)CC1C. The number of nitrogens with two attached hydrogens (primary N) is 1. The number of piperazine rings is 1. The summed E-state index contributed by atoms with van der Waals surface area (Å²) in [5.74, 6) is 0. The van der Waals surface area contributed by atoms with Gasteiger partial charge in [0, 0.05) is 36.7 Å². The Morgan fingerprint density at radius 2 is 1.95 bits per heavy atom. The fourth-order valence-corrected chi connectivity index (χ4v) is 3.26. The molecule has 0 spiro atoms. The van der Waals surface area contributed by atoms with Crippen LogP contribution in [0.25, 0.3) is 0 Å². The van der Waals surface area contributed by atoms with Gasteiger partial charge in [0.15, 0.2) is 0 Å². The number of nitrogens with zero attached hydrogens (tertiary/aromatic N) is 2. The maximum atomic E-state index is 6.43. The molecule has 0 radical (unpaired) electrons. The van der Waals surface area contributed by atoms with Crippen LogP contribution in [0.5, 0.6) is 0 Å². The van der Waals surface area contributed by atoms with E-state index in [4.69, 9.17) is 17.3 Å². The van der Waals surface area contributed by atoms with Crippen LogP contribution in [-0.2, 0) is 0 Å². The molecular weight excluding hydrogens is 270 g/mol. The van der Waals surface area contributed by atoms with Crippen molar-refractivity contribution in [3.8, 4) is 0 Å². The minimum atomic E-state index is 0.155. The Balaban J connectivity index is 2.25. The molecule has 0 aliphatic carbocycles. The molecule has 3 unspecified atom stereocenters. The summed E-state index contributed by atoms with van der Waals surface area (Å²) in [4.78, 5) is 4.94. The zero-order valence-corrected chi connectivity index (χ0v) is 13.5. The fourth-order valence-electron chi connectivity index (χ4n) is 3.13. The second kappa shape index (κ2) is 6.90. The molecule has 3 atom stereocenters. The van der Waals surface area contributed by atoms with E-state index in [9.17, 15) is 0 Å². The number of hydrogen-bond acceptors (Lipinski definition) is 3. The van der Waals surface area contributed by atoms with Gasteiger partial charge in [-0.15, -0.1) is 0 Å². The predicted octanol–water partition coefficient (Wildman–Crippen LogP) is 2.75. The van der Waals surface area contributed by atoms with Crippen molar-refractivity contribution in [1.29, 1.82) is 0 Å². The quantitative estimate of drug-likeness (QED) is 0.927. The largest absolute Gasteiger partial charge is 0.326 e. The molecule has 20 heavy (non-hydrogen) atoms. The summed E-state index contributed by atoms with van der Waals surface area (Å²) in [6.45, 7) is 7.72. The third-order valence-corrected chi connectivity index (χ3v) is 4.58. The number of likely N-dealkylation sites (N-methyl/N-ethyl adjacent to an activating group) is 1. The van der Waals surface area contributed by atoms with Crippen molar-refractivity contribution < 1.29 is 0 Å². The molecule has 112 valence electrons. The predicted molar refractivity (Wildman–Crippen MR) is 86.1 cm³/mol. The third kappa shape index (κ3) is 3.53. The summed E-state index contributed by atoms with van der Waals surface area (Å²) in [5.41, 5.74) is 7.70. The van der Waals surface area contributed by atoms with Gasteiger partial charge in [-0.25, -0.2) is 0 Å². The summed E-state index contributed by atoms with van der Waals surface area (Å²) >= 11 is 6.01. The monoisotopic (exact) mass is 295 g/mol. The molecule has 0 aromatic heterocycles. The highest BCUT2D eigenvalue weighted by Crippen LogP contribution is 2.29. The lowest BCUT2D eigenvalue weighted by atomic mass is 9.94. The first-order valence-corrected chi connectivity index (χ1v) is 7.86. The highest BCUT2D eigenvalue weighted by atomic mass is 35.5. The van der Waals surface area contributed by atoms with Crippen LogP contribution >= 0.6 is 11.6 Å². The molecule has 0 amide bonds. The minimum Gasteiger partial charge on any atom is -0.326 e. The van der Waals surface area contributed by atoms with Crippen LogP contribution in [0.15, 0.2) is 24.3 Å². The number of benzene rings is 1. The van der Waals surface area contributed by atoms with E-state index in [1.807, 2.05) is 12.1 Å². The van der Waals surface area contributed by atoms with Gasteiger partial charge in [-0.3, -0.25) is 4.90 Å². The van der Waals surface area contributed by atoms with Crippen molar-refractivity contribution >= 4 is 11.6 Å². The van der Waals surface area contributed by atoms with E-state index in [0.717, 1.165) is 31.1 Å². The van der Waals surface area contributed by atoms with Crippen molar-refractivity contribution in [3.63, 3.8) is 0 Å². The Bertz CT molecular complexity index is 420. The van der Waals surface area contributed by atoms with Crippen LogP contribution in [0.3, 0.4) is 0 Å². The number of halogens is 1. The lowest BCUT2D eigenvalue weighted by Crippen LogP contribution is -2.54. The molecule has 0 bridgehead atoms. The van der Waals surface area contributed by atoms with E-state index in [1.54, 1.807) is 0 Å². The van der Waals surface area contributed by atoms with Crippen molar-refractivity contribution in [3.05, 3.63) is 34.9 Å². The van der Waals surface area contributed by atoms with Crippen LogP contribution in [-0.4, -0.2) is 48.6 Å². The first kappa shape index (κ1) is 15.8. The van der Waals surface area contributed by atoms with Gasteiger partial charge in [-0.1, -0.05) is 30.7 Å². The van der Waals surface area contributed by atoms with Crippen LogP contribution in [0.4, 0.5) is 0 Å². The zero-order valence-electron chi connectivity index (χ0n) is 12.7. The van der Waals surface area contributed by atoms with Crippen LogP contribution in [0, 0.1) is 0 Å². The molecule has 1 aromatic rings. The molecule has 1 aromatic carbocycles. The standard InChI is InChI=1S/C16H26ClN3/c1-4-15(18)16(13-5-7-14(17)8-6-13)20-10-9-19(3)11-12(20)2/h5-8,12,15-16H,4,9-11,18H2,1-3H3. The summed E-state index contributed by atoms with van der Waals surface area (Å²) < 4.78 is 0. The normalized spacial score (nSPS) is 24.6. The number of rotatable bonds is 4. The minimum absolute atomic E-state index is 0.155. The summed E-state index contributed by atoms with van der Waals surface area (Å²) in [5, 5.41) is 0.781. The van der Waals surface area contributed by atoms with Gasteiger partial charge in [-0.2, -0.15) is 0 Å². The average Bonchev–Trinajstić information content (AvgIpc) is 2.43. The fraction of sp³-hybridized carbons (Fsp3) is 0.625. The highest BCUT2D eigenvalue weighted by Gasteiger charge is 2.32. The zero-order chi connectivity index (χ0) is 14.7. The molecule has 1 aliphatic rings. The van der Waals surface area contributed by atoms with Gasteiger partial charge in [0.2, 0.25) is 0 Å². The van der Waals surface area contributed by atoms with E-state index in [2.05, 4.69) is 42.8 Å². The Morgan fingerprint density at radius 3 is 2.50 bits per heavy atom. The molecule has 2 N–H and O–H groups in total. The van der Waals surface area contributed by atoms with Gasteiger partial charge in [0.05, 0.1) is 6.04 Å². The number of hydrogen-bond donors (Lipinski definition) is 1. The smallest absolute Gasteiger partial charge is 0.0502 e. The van der Waals surface area contributed by atoms with Crippen molar-refractivity contribution in [2.24, 2.45) is 5.73 Å². The molecule has 1 heterocycles. The topological polar surface area (TPSA) is 32.5 Å². The highest BCUT2D eigenvalue weighted by molar-refractivity contribution is 6.30. The molecule has 1 aliphatic heterocycles. The van der Waals surface area contributed by atoms with Gasteiger partial charge in [0.1, 0.15) is 0 Å². The van der Waals surface area contributed by atoms with Crippen LogP contribution in [0.2, 0.25) is 5.02 Å². The van der Waals surface area contributed by atoms with E-state index in [-0.39, 0.29) is 12.1 Å². The second-order valence-electron chi connectivity index (χ2n) is 5.92. The van der Waals surface area contributed by atoms with Gasteiger partial charge < -0.3 is 10.6 Å². The summed E-state index contributed by atoms with van der Waals surface area (Å²) in [7, 11) is 2.19. The molecule has 0 saturated carbocycles. The lowest BCUT2D eigenvalue weighted by Gasteiger charge is -2.45. The molecule has 3 nitrogen and oxygen atoms in total. The van der Waals surface area contributed by atoms with Crippen molar-refractivity contribution in [2.45, 2.75) is 38.4 Å². The first-order chi connectivity index (χ1) is 9.52. The lowest BCUT2D eigenvalue weighted by molar-refractivity contribution is 0.0492. The second-order valence-corrected chi connectivity index (χ2v) is 6.35. The Morgan fingerprint density at radius 1 is 1.30 bits per heavy atom. The average molecular weight is 296 g/mol. The van der Waals surface area contributed by atoms with Crippen LogP contribution < -0.4 is 5.73 Å².